The van der Waals surface area contributed by atoms with E-state index in [0.29, 0.717) is 12.0 Å². The van der Waals surface area contributed by atoms with Crippen LogP contribution in [0.4, 0.5) is 0 Å². The van der Waals surface area contributed by atoms with Crippen molar-refractivity contribution in [3.05, 3.63) is 35.0 Å². The van der Waals surface area contributed by atoms with E-state index in [1.807, 2.05) is 0 Å². The van der Waals surface area contributed by atoms with Crippen LogP contribution in [0.5, 0.6) is 11.5 Å². The molecule has 0 amide bonds. The highest BCUT2D eigenvalue weighted by Crippen LogP contribution is 2.64. The predicted octanol–water partition coefficient (Wildman–Crippen LogP) is 2.95. The van der Waals surface area contributed by atoms with Crippen LogP contribution < -0.4 is 9.47 Å². The Morgan fingerprint density at radius 2 is 2.04 bits per heavy atom. The molecule has 4 heteroatoms. The predicted molar refractivity (Wildman–Crippen MR) is 101 cm³/mol. The molecule has 6 rings (SSSR count). The molecule has 1 spiro atoms. The largest absolute Gasteiger partial charge is 0.493 e. The van der Waals surface area contributed by atoms with Crippen LogP contribution in [0.2, 0.25) is 0 Å². The van der Waals surface area contributed by atoms with Gasteiger partial charge >= 0.3 is 0 Å². The summed E-state index contributed by atoms with van der Waals surface area (Å²) >= 11 is 0. The Labute approximate surface area is 155 Å². The Kier molecular flexibility index (Phi) is 3.07. The lowest BCUT2D eigenvalue weighted by molar-refractivity contribution is -0.0170. The molecule has 2 fully saturated rings. The van der Waals surface area contributed by atoms with E-state index < -0.39 is 0 Å². The maximum absolute atomic E-state index is 6.81. The molecule has 1 aromatic rings. The van der Waals surface area contributed by atoms with E-state index in [2.05, 4.69) is 35.1 Å². The van der Waals surface area contributed by atoms with Gasteiger partial charge in [0, 0.05) is 30.1 Å². The van der Waals surface area contributed by atoms with Crippen LogP contribution in [0.1, 0.15) is 36.8 Å². The van der Waals surface area contributed by atoms with Crippen molar-refractivity contribution < 1.29 is 9.47 Å². The molecule has 26 heavy (non-hydrogen) atoms. The third-order valence-corrected chi connectivity index (χ3v) is 7.92. The number of allylic oxidation sites excluding steroid dienone is 1. The number of hydrogen-bond acceptors (Lipinski definition) is 4. The number of rotatable bonds is 2. The van der Waals surface area contributed by atoms with E-state index in [1.165, 1.54) is 62.1 Å². The number of nitrogens with zero attached hydrogens (tertiary/aromatic N) is 2. The van der Waals surface area contributed by atoms with Gasteiger partial charge in [-0.15, -0.1) is 0 Å². The Morgan fingerprint density at radius 3 is 2.85 bits per heavy atom. The number of likely N-dealkylation sites (tertiary alicyclic amines) is 2. The van der Waals surface area contributed by atoms with E-state index in [4.69, 9.17) is 9.47 Å². The van der Waals surface area contributed by atoms with E-state index in [-0.39, 0.29) is 11.5 Å². The van der Waals surface area contributed by atoms with Gasteiger partial charge in [-0.05, 0) is 63.2 Å². The number of hydrogen-bond donors (Lipinski definition) is 0. The quantitative estimate of drug-likeness (QED) is 0.817. The number of methoxy groups -OCH3 is 1. The van der Waals surface area contributed by atoms with Crippen molar-refractivity contribution in [2.45, 2.75) is 49.7 Å². The van der Waals surface area contributed by atoms with Gasteiger partial charge in [0.1, 0.15) is 6.10 Å². The van der Waals surface area contributed by atoms with Crippen molar-refractivity contribution in [1.82, 2.24) is 9.80 Å². The highest BCUT2D eigenvalue weighted by molar-refractivity contribution is 5.62. The van der Waals surface area contributed by atoms with Crippen molar-refractivity contribution >= 4 is 0 Å². The topological polar surface area (TPSA) is 24.9 Å². The first-order chi connectivity index (χ1) is 12.7. The summed E-state index contributed by atoms with van der Waals surface area (Å²) in [4.78, 5) is 5.21. The Morgan fingerprint density at radius 1 is 1.19 bits per heavy atom. The highest BCUT2D eigenvalue weighted by atomic mass is 16.5. The van der Waals surface area contributed by atoms with E-state index >= 15 is 0 Å². The lowest BCUT2D eigenvalue weighted by Crippen LogP contribution is -2.64. The molecule has 138 valence electrons. The molecule has 2 saturated heterocycles. The molecule has 0 radical (unpaired) electrons. The summed E-state index contributed by atoms with van der Waals surface area (Å²) < 4.78 is 12.5. The summed E-state index contributed by atoms with van der Waals surface area (Å²) in [6.07, 6.45) is 8.87. The van der Waals surface area contributed by atoms with Crippen molar-refractivity contribution in [2.75, 3.05) is 33.8 Å². The zero-order valence-electron chi connectivity index (χ0n) is 15.8. The van der Waals surface area contributed by atoms with Gasteiger partial charge in [0.2, 0.25) is 0 Å². The standard InChI is InChI=1S/C22H28N2O2/c1-23-12-9-22-15-6-7-16(24-10-3-4-11-24)21(22)26-20-18(25-2)8-5-14(19(20)22)13-17(15)23/h5,7-8,15,17,21H,3-4,6,9-13H2,1-2H3/t15?,17?,21?,22-/m1/s1. The van der Waals surface area contributed by atoms with Gasteiger partial charge in [-0.2, -0.15) is 0 Å². The van der Waals surface area contributed by atoms with Crippen molar-refractivity contribution in [3.63, 3.8) is 0 Å². The molecular weight excluding hydrogens is 324 g/mol. The average molecular weight is 352 g/mol. The van der Waals surface area contributed by atoms with Crippen LogP contribution in [0.15, 0.2) is 23.9 Å². The lowest BCUT2D eigenvalue weighted by Gasteiger charge is -2.57. The fraction of sp³-hybridized carbons (Fsp3) is 0.636. The first-order valence-electron chi connectivity index (χ1n) is 10.3. The van der Waals surface area contributed by atoms with Gasteiger partial charge in [0.05, 0.1) is 12.8 Å². The molecule has 0 aromatic heterocycles. The first-order valence-corrected chi connectivity index (χ1v) is 10.3. The Bertz CT molecular complexity index is 798. The van der Waals surface area contributed by atoms with E-state index in [0.717, 1.165) is 17.9 Å². The van der Waals surface area contributed by atoms with Crippen LogP contribution in [-0.4, -0.2) is 55.7 Å². The normalized spacial score (nSPS) is 37.2. The second-order valence-corrected chi connectivity index (χ2v) is 8.84. The summed E-state index contributed by atoms with van der Waals surface area (Å²) in [5.74, 6) is 2.64. The number of likely N-dealkylation sites (N-methyl/N-ethyl adjacent to an activating group) is 1. The average Bonchev–Trinajstić information content (AvgIpc) is 3.30. The molecule has 3 aliphatic heterocycles. The number of piperidine rings is 1. The summed E-state index contributed by atoms with van der Waals surface area (Å²) in [7, 11) is 4.09. The van der Waals surface area contributed by atoms with Crippen LogP contribution in [0.3, 0.4) is 0 Å². The first kappa shape index (κ1) is 15.4. The fourth-order valence-electron chi connectivity index (χ4n) is 6.76. The molecule has 5 aliphatic rings. The van der Waals surface area contributed by atoms with E-state index in [9.17, 15) is 0 Å². The molecule has 0 N–H and O–H groups in total. The fourth-order valence-corrected chi connectivity index (χ4v) is 6.76. The summed E-state index contributed by atoms with van der Waals surface area (Å²) in [6.45, 7) is 3.55. The van der Waals surface area contributed by atoms with Crippen molar-refractivity contribution in [1.29, 1.82) is 0 Å². The monoisotopic (exact) mass is 352 g/mol. The molecule has 2 aliphatic carbocycles. The molecule has 4 atom stereocenters. The van der Waals surface area contributed by atoms with Gasteiger partial charge in [-0.25, -0.2) is 0 Å². The van der Waals surface area contributed by atoms with Crippen molar-refractivity contribution in [2.24, 2.45) is 5.92 Å². The Hall–Kier alpha value is -1.68. The van der Waals surface area contributed by atoms with Crippen LogP contribution >= 0.6 is 0 Å². The third-order valence-electron chi connectivity index (χ3n) is 7.92. The van der Waals surface area contributed by atoms with Gasteiger partial charge in [0.25, 0.3) is 0 Å². The summed E-state index contributed by atoms with van der Waals surface area (Å²) in [5.41, 5.74) is 4.62. The molecule has 4 nitrogen and oxygen atoms in total. The van der Waals surface area contributed by atoms with Crippen molar-refractivity contribution in [3.8, 4) is 11.5 Å². The maximum atomic E-state index is 6.81. The minimum atomic E-state index is 0.154. The SMILES string of the molecule is COc1ccc2c3c1OC1C(N4CCCC4)=CCC4C(C2)N(C)CC[C@@]314. The molecule has 0 saturated carbocycles. The number of benzene rings is 1. The van der Waals surface area contributed by atoms with Gasteiger partial charge in [-0.1, -0.05) is 12.1 Å². The second kappa shape index (κ2) is 5.19. The number of ether oxygens (including phenoxy) is 2. The second-order valence-electron chi connectivity index (χ2n) is 8.84. The summed E-state index contributed by atoms with van der Waals surface area (Å²) in [6, 6.07) is 5.07. The molecule has 3 heterocycles. The smallest absolute Gasteiger partial charge is 0.166 e. The molecular formula is C22H28N2O2. The maximum Gasteiger partial charge on any atom is 0.166 e. The lowest BCUT2D eigenvalue weighted by atomic mass is 9.52. The third kappa shape index (κ3) is 1.70. The minimum absolute atomic E-state index is 0.154. The van der Waals surface area contributed by atoms with Crippen LogP contribution in [0, 0.1) is 5.92 Å². The molecule has 1 aromatic carbocycles. The molecule has 3 unspecified atom stereocenters. The van der Waals surface area contributed by atoms with Gasteiger partial charge in [-0.3, -0.25) is 0 Å². The van der Waals surface area contributed by atoms with Crippen LogP contribution in [0.25, 0.3) is 0 Å². The van der Waals surface area contributed by atoms with Gasteiger partial charge < -0.3 is 19.3 Å². The zero-order valence-corrected chi connectivity index (χ0v) is 15.8. The minimum Gasteiger partial charge on any atom is -0.493 e. The van der Waals surface area contributed by atoms with Crippen LogP contribution in [-0.2, 0) is 11.8 Å². The zero-order chi connectivity index (χ0) is 17.5. The molecule has 2 bridgehead atoms. The van der Waals surface area contributed by atoms with E-state index in [1.54, 1.807) is 7.11 Å². The van der Waals surface area contributed by atoms with Gasteiger partial charge in [0.15, 0.2) is 11.5 Å². The Balaban J connectivity index is 1.58. The highest BCUT2D eigenvalue weighted by Gasteiger charge is 2.64. The summed E-state index contributed by atoms with van der Waals surface area (Å²) in [5, 5.41) is 0.